The van der Waals surface area contributed by atoms with E-state index in [1.165, 1.54) is 5.69 Å². The minimum atomic E-state index is 0.921. The standard InChI is InChI=1S/C12H23N3O/c1-4-9-15-11(7-6-8-13-5-2)12(16-3)10-14-15/h10,13H,4-9H2,1-3H3. The van der Waals surface area contributed by atoms with Crippen molar-refractivity contribution in [3.63, 3.8) is 0 Å². The third-order valence-corrected chi connectivity index (χ3v) is 2.58. The molecule has 4 heteroatoms. The lowest BCUT2D eigenvalue weighted by molar-refractivity contribution is 0.405. The van der Waals surface area contributed by atoms with Gasteiger partial charge in [-0.2, -0.15) is 5.10 Å². The first-order chi connectivity index (χ1) is 7.83. The van der Waals surface area contributed by atoms with Gasteiger partial charge in [-0.3, -0.25) is 4.68 Å². The zero-order valence-corrected chi connectivity index (χ0v) is 10.6. The van der Waals surface area contributed by atoms with Crippen LogP contribution in [-0.2, 0) is 13.0 Å². The van der Waals surface area contributed by atoms with Crippen LogP contribution < -0.4 is 10.1 Å². The summed E-state index contributed by atoms with van der Waals surface area (Å²) >= 11 is 0. The lowest BCUT2D eigenvalue weighted by Crippen LogP contribution is -2.15. The van der Waals surface area contributed by atoms with E-state index in [1.54, 1.807) is 7.11 Å². The Morgan fingerprint density at radius 3 is 2.88 bits per heavy atom. The minimum Gasteiger partial charge on any atom is -0.493 e. The summed E-state index contributed by atoms with van der Waals surface area (Å²) in [6.45, 7) is 7.35. The van der Waals surface area contributed by atoms with E-state index >= 15 is 0 Å². The van der Waals surface area contributed by atoms with Gasteiger partial charge in [0.15, 0.2) is 5.75 Å². The van der Waals surface area contributed by atoms with Gasteiger partial charge in [0.2, 0.25) is 0 Å². The summed E-state index contributed by atoms with van der Waals surface area (Å²) in [6.07, 6.45) is 5.07. The van der Waals surface area contributed by atoms with Crippen LogP contribution in [0.1, 0.15) is 32.4 Å². The van der Waals surface area contributed by atoms with Crippen LogP contribution in [0.15, 0.2) is 6.20 Å². The first-order valence-electron chi connectivity index (χ1n) is 6.12. The number of rotatable bonds is 8. The highest BCUT2D eigenvalue weighted by molar-refractivity contribution is 5.25. The predicted octanol–water partition coefficient (Wildman–Crippen LogP) is 1.84. The predicted molar refractivity (Wildman–Crippen MR) is 65.9 cm³/mol. The molecule has 4 nitrogen and oxygen atoms in total. The van der Waals surface area contributed by atoms with Crippen LogP contribution in [0.2, 0.25) is 0 Å². The van der Waals surface area contributed by atoms with Gasteiger partial charge in [0.1, 0.15) is 0 Å². The third-order valence-electron chi connectivity index (χ3n) is 2.58. The highest BCUT2D eigenvalue weighted by atomic mass is 16.5. The van der Waals surface area contributed by atoms with Gasteiger partial charge in [-0.25, -0.2) is 0 Å². The summed E-state index contributed by atoms with van der Waals surface area (Å²) in [5.41, 5.74) is 1.22. The van der Waals surface area contributed by atoms with Crippen LogP contribution in [0.5, 0.6) is 5.75 Å². The molecule has 1 aromatic rings. The number of aromatic nitrogens is 2. The van der Waals surface area contributed by atoms with Crippen molar-refractivity contribution in [2.75, 3.05) is 20.2 Å². The van der Waals surface area contributed by atoms with Crippen molar-refractivity contribution in [2.45, 2.75) is 39.7 Å². The van der Waals surface area contributed by atoms with E-state index in [0.29, 0.717) is 0 Å². The van der Waals surface area contributed by atoms with Gasteiger partial charge in [0.05, 0.1) is 19.0 Å². The van der Waals surface area contributed by atoms with Crippen LogP contribution in [-0.4, -0.2) is 30.0 Å². The maximum absolute atomic E-state index is 5.33. The Bertz CT molecular complexity index is 296. The highest BCUT2D eigenvalue weighted by Crippen LogP contribution is 2.19. The summed E-state index contributed by atoms with van der Waals surface area (Å²) < 4.78 is 7.39. The Kier molecular flexibility index (Phi) is 5.93. The molecule has 1 aromatic heterocycles. The molecule has 0 amide bonds. The molecule has 0 aliphatic heterocycles. The van der Waals surface area contributed by atoms with Crippen LogP contribution in [0, 0.1) is 0 Å². The molecule has 1 rings (SSSR count). The third kappa shape index (κ3) is 3.52. The Labute approximate surface area is 98.0 Å². The lowest BCUT2D eigenvalue weighted by atomic mass is 10.2. The van der Waals surface area contributed by atoms with Crippen LogP contribution in [0.25, 0.3) is 0 Å². The molecule has 0 atom stereocenters. The maximum Gasteiger partial charge on any atom is 0.159 e. The molecule has 0 fully saturated rings. The van der Waals surface area contributed by atoms with Crippen LogP contribution >= 0.6 is 0 Å². The van der Waals surface area contributed by atoms with Gasteiger partial charge < -0.3 is 10.1 Å². The van der Waals surface area contributed by atoms with Crippen molar-refractivity contribution in [3.05, 3.63) is 11.9 Å². The zero-order chi connectivity index (χ0) is 11.8. The van der Waals surface area contributed by atoms with Gasteiger partial charge in [-0.05, 0) is 32.4 Å². The molecule has 1 N–H and O–H groups in total. The van der Waals surface area contributed by atoms with E-state index in [1.807, 2.05) is 6.20 Å². The molecular weight excluding hydrogens is 202 g/mol. The number of nitrogens with zero attached hydrogens (tertiary/aromatic N) is 2. The summed E-state index contributed by atoms with van der Waals surface area (Å²) in [4.78, 5) is 0. The van der Waals surface area contributed by atoms with Gasteiger partial charge in [0.25, 0.3) is 0 Å². The molecule has 0 unspecified atom stereocenters. The normalized spacial score (nSPS) is 10.7. The molecule has 92 valence electrons. The Morgan fingerprint density at radius 1 is 1.44 bits per heavy atom. The van der Waals surface area contributed by atoms with Crippen molar-refractivity contribution in [2.24, 2.45) is 0 Å². The van der Waals surface area contributed by atoms with E-state index in [9.17, 15) is 0 Å². The summed E-state index contributed by atoms with van der Waals surface area (Å²) in [5, 5.41) is 7.68. The van der Waals surface area contributed by atoms with Gasteiger partial charge in [0, 0.05) is 6.54 Å². The number of ether oxygens (including phenoxy) is 1. The summed E-state index contributed by atoms with van der Waals surface area (Å²) in [7, 11) is 1.71. The molecule has 0 aromatic carbocycles. The van der Waals surface area contributed by atoms with Gasteiger partial charge in [-0.15, -0.1) is 0 Å². The second-order valence-corrected chi connectivity index (χ2v) is 3.84. The molecule has 0 aliphatic rings. The van der Waals surface area contributed by atoms with E-state index in [2.05, 4.69) is 28.9 Å². The number of hydrogen-bond acceptors (Lipinski definition) is 3. The SMILES string of the molecule is CCCn1ncc(OC)c1CCCNCC. The fourth-order valence-electron chi connectivity index (χ4n) is 1.78. The molecule has 0 radical (unpaired) electrons. The number of methoxy groups -OCH3 is 1. The maximum atomic E-state index is 5.33. The fraction of sp³-hybridized carbons (Fsp3) is 0.750. The lowest BCUT2D eigenvalue weighted by Gasteiger charge is -2.08. The second kappa shape index (κ2) is 7.28. The first-order valence-corrected chi connectivity index (χ1v) is 6.12. The average molecular weight is 225 g/mol. The fourth-order valence-corrected chi connectivity index (χ4v) is 1.78. The molecular formula is C12H23N3O. The van der Waals surface area contributed by atoms with Gasteiger partial charge >= 0.3 is 0 Å². The zero-order valence-electron chi connectivity index (χ0n) is 10.6. The minimum absolute atomic E-state index is 0.921. The van der Waals surface area contributed by atoms with E-state index in [-0.39, 0.29) is 0 Å². The first kappa shape index (κ1) is 13.0. The largest absolute Gasteiger partial charge is 0.493 e. The Balaban J connectivity index is 2.56. The van der Waals surface area contributed by atoms with Crippen LogP contribution in [0.3, 0.4) is 0 Å². The number of hydrogen-bond donors (Lipinski definition) is 1. The Morgan fingerprint density at radius 2 is 2.25 bits per heavy atom. The number of aryl methyl sites for hydroxylation is 1. The smallest absolute Gasteiger partial charge is 0.159 e. The quantitative estimate of drug-likeness (QED) is 0.686. The van der Waals surface area contributed by atoms with Crippen molar-refractivity contribution in [1.82, 2.24) is 15.1 Å². The Hall–Kier alpha value is -1.03. The second-order valence-electron chi connectivity index (χ2n) is 3.84. The molecule has 0 saturated heterocycles. The monoisotopic (exact) mass is 225 g/mol. The van der Waals surface area contributed by atoms with Gasteiger partial charge in [-0.1, -0.05) is 13.8 Å². The van der Waals surface area contributed by atoms with Crippen molar-refractivity contribution >= 4 is 0 Å². The molecule has 0 spiro atoms. The van der Waals surface area contributed by atoms with E-state index in [4.69, 9.17) is 4.74 Å². The van der Waals surface area contributed by atoms with Crippen molar-refractivity contribution < 1.29 is 4.74 Å². The number of nitrogens with one attached hydrogen (secondary N) is 1. The van der Waals surface area contributed by atoms with Crippen LogP contribution in [0.4, 0.5) is 0 Å². The average Bonchev–Trinajstić information content (AvgIpc) is 2.68. The molecule has 0 saturated carbocycles. The molecule has 1 heterocycles. The summed E-state index contributed by atoms with van der Waals surface area (Å²) in [5.74, 6) is 0.921. The molecule has 0 aliphatic carbocycles. The van der Waals surface area contributed by atoms with Crippen molar-refractivity contribution in [1.29, 1.82) is 0 Å². The molecule has 0 bridgehead atoms. The van der Waals surface area contributed by atoms with Crippen molar-refractivity contribution in [3.8, 4) is 5.75 Å². The van der Waals surface area contributed by atoms with E-state index < -0.39 is 0 Å². The van der Waals surface area contributed by atoms with E-state index in [0.717, 1.165) is 44.6 Å². The molecule has 16 heavy (non-hydrogen) atoms. The topological polar surface area (TPSA) is 39.1 Å². The highest BCUT2D eigenvalue weighted by Gasteiger charge is 2.09. The summed E-state index contributed by atoms with van der Waals surface area (Å²) in [6, 6.07) is 0.